The highest BCUT2D eigenvalue weighted by atomic mass is 32.1. The highest BCUT2D eigenvalue weighted by molar-refractivity contribution is 7.12. The Morgan fingerprint density at radius 1 is 1.24 bits per heavy atom. The largest absolute Gasteiger partial charge is 0.370 e. The SMILES string of the molecule is CC1=CC2(CCN(C(=O)c3nc(-c4ccccc4)cs3)CC2)OCC1. The van der Waals surface area contributed by atoms with Crippen LogP contribution < -0.4 is 0 Å². The van der Waals surface area contributed by atoms with Crippen LogP contribution in [0.2, 0.25) is 0 Å². The van der Waals surface area contributed by atoms with E-state index in [2.05, 4.69) is 18.0 Å². The minimum atomic E-state index is -0.156. The van der Waals surface area contributed by atoms with Crippen molar-refractivity contribution in [3.05, 3.63) is 52.4 Å². The van der Waals surface area contributed by atoms with Crippen molar-refractivity contribution < 1.29 is 9.53 Å². The molecule has 25 heavy (non-hydrogen) atoms. The van der Waals surface area contributed by atoms with Gasteiger partial charge in [0.25, 0.3) is 5.91 Å². The van der Waals surface area contributed by atoms with Crippen molar-refractivity contribution in [3.8, 4) is 11.3 Å². The van der Waals surface area contributed by atoms with Crippen LogP contribution in [0.4, 0.5) is 0 Å². The number of likely N-dealkylation sites (tertiary alicyclic amines) is 1. The Labute approximate surface area is 152 Å². The molecule has 1 aromatic carbocycles. The molecule has 0 unspecified atom stereocenters. The lowest BCUT2D eigenvalue weighted by molar-refractivity contribution is -0.0522. The van der Waals surface area contributed by atoms with Crippen LogP contribution in [-0.2, 0) is 4.74 Å². The second kappa shape index (κ2) is 6.73. The minimum Gasteiger partial charge on any atom is -0.370 e. The van der Waals surface area contributed by atoms with Gasteiger partial charge in [-0.3, -0.25) is 4.79 Å². The number of thiazole rings is 1. The third-order valence-electron chi connectivity index (χ3n) is 5.05. The molecule has 1 amide bonds. The van der Waals surface area contributed by atoms with E-state index < -0.39 is 0 Å². The molecule has 2 aliphatic heterocycles. The van der Waals surface area contributed by atoms with E-state index in [-0.39, 0.29) is 11.5 Å². The molecule has 0 atom stereocenters. The van der Waals surface area contributed by atoms with Crippen molar-refractivity contribution in [1.82, 2.24) is 9.88 Å². The second-order valence-electron chi connectivity index (χ2n) is 6.85. The molecule has 2 aromatic rings. The van der Waals surface area contributed by atoms with Crippen molar-refractivity contribution in [1.29, 1.82) is 0 Å². The quantitative estimate of drug-likeness (QED) is 0.761. The molecule has 0 radical (unpaired) electrons. The molecule has 1 fully saturated rings. The standard InChI is InChI=1S/C20H22N2O2S/c1-15-7-12-24-20(13-15)8-10-22(11-9-20)19(23)18-21-17(14-25-18)16-5-3-2-4-6-16/h2-6,13-14H,7-12H2,1H3. The Morgan fingerprint density at radius 3 is 2.72 bits per heavy atom. The van der Waals surface area contributed by atoms with Crippen LogP contribution >= 0.6 is 11.3 Å². The summed E-state index contributed by atoms with van der Waals surface area (Å²) in [5.74, 6) is 0.0403. The predicted octanol–water partition coefficient (Wildman–Crippen LogP) is 4.15. The minimum absolute atomic E-state index is 0.0403. The topological polar surface area (TPSA) is 42.4 Å². The molecule has 1 spiro atoms. The van der Waals surface area contributed by atoms with Crippen molar-refractivity contribution in [2.24, 2.45) is 0 Å². The zero-order valence-corrected chi connectivity index (χ0v) is 15.2. The molecule has 0 saturated carbocycles. The van der Waals surface area contributed by atoms with Crippen LogP contribution in [0.5, 0.6) is 0 Å². The van der Waals surface area contributed by atoms with Gasteiger partial charge in [-0.25, -0.2) is 4.98 Å². The Balaban J connectivity index is 1.45. The summed E-state index contributed by atoms with van der Waals surface area (Å²) < 4.78 is 6.05. The van der Waals surface area contributed by atoms with Gasteiger partial charge < -0.3 is 9.64 Å². The van der Waals surface area contributed by atoms with Gasteiger partial charge in [0.1, 0.15) is 0 Å². The zero-order chi connectivity index (χ0) is 17.3. The van der Waals surface area contributed by atoms with Gasteiger partial charge in [-0.15, -0.1) is 11.3 Å². The first kappa shape index (κ1) is 16.5. The Hall–Kier alpha value is -1.98. The predicted molar refractivity (Wildman–Crippen MR) is 99.7 cm³/mol. The van der Waals surface area contributed by atoms with Gasteiger partial charge in [0.2, 0.25) is 0 Å². The Bertz CT molecular complexity index is 789. The molecular formula is C20H22N2O2S. The van der Waals surface area contributed by atoms with Gasteiger partial charge in [0.05, 0.1) is 17.9 Å². The number of hydrogen-bond acceptors (Lipinski definition) is 4. The lowest BCUT2D eigenvalue weighted by Crippen LogP contribution is -2.48. The fraction of sp³-hybridized carbons (Fsp3) is 0.400. The fourth-order valence-electron chi connectivity index (χ4n) is 3.60. The van der Waals surface area contributed by atoms with E-state index in [0.717, 1.165) is 50.2 Å². The molecule has 130 valence electrons. The van der Waals surface area contributed by atoms with Gasteiger partial charge in [-0.05, 0) is 26.2 Å². The zero-order valence-electron chi connectivity index (χ0n) is 14.4. The average molecular weight is 354 g/mol. The molecule has 0 bridgehead atoms. The van der Waals surface area contributed by atoms with Crippen molar-refractivity contribution >= 4 is 17.2 Å². The van der Waals surface area contributed by atoms with Gasteiger partial charge in [-0.1, -0.05) is 42.0 Å². The summed E-state index contributed by atoms with van der Waals surface area (Å²) in [6.07, 6.45) is 5.03. The van der Waals surface area contributed by atoms with Gasteiger partial charge in [0.15, 0.2) is 5.01 Å². The summed E-state index contributed by atoms with van der Waals surface area (Å²) in [5.41, 5.74) is 3.17. The number of nitrogens with zero attached hydrogens (tertiary/aromatic N) is 2. The number of ether oxygens (including phenoxy) is 1. The number of hydrogen-bond donors (Lipinski definition) is 0. The third kappa shape index (κ3) is 3.39. The third-order valence-corrected chi connectivity index (χ3v) is 5.88. The molecular weight excluding hydrogens is 332 g/mol. The van der Waals surface area contributed by atoms with Crippen LogP contribution in [0.3, 0.4) is 0 Å². The van der Waals surface area contributed by atoms with E-state index in [0.29, 0.717) is 5.01 Å². The molecule has 1 saturated heterocycles. The monoisotopic (exact) mass is 354 g/mol. The summed E-state index contributed by atoms with van der Waals surface area (Å²) >= 11 is 1.43. The number of amides is 1. The highest BCUT2D eigenvalue weighted by Crippen LogP contribution is 2.33. The molecule has 1 aromatic heterocycles. The summed E-state index contributed by atoms with van der Waals surface area (Å²) in [5, 5.41) is 2.54. The van der Waals surface area contributed by atoms with Crippen molar-refractivity contribution in [3.63, 3.8) is 0 Å². The lowest BCUT2D eigenvalue weighted by atomic mass is 9.87. The average Bonchev–Trinajstić information content (AvgIpc) is 3.13. The first-order valence-corrected chi connectivity index (χ1v) is 9.66. The Kier molecular flexibility index (Phi) is 4.44. The van der Waals surface area contributed by atoms with E-state index in [1.54, 1.807) is 0 Å². The van der Waals surface area contributed by atoms with E-state index >= 15 is 0 Å². The Morgan fingerprint density at radius 2 is 2.00 bits per heavy atom. The second-order valence-corrected chi connectivity index (χ2v) is 7.71. The molecule has 4 rings (SSSR count). The van der Waals surface area contributed by atoms with Crippen LogP contribution in [0, 0.1) is 0 Å². The molecule has 0 N–H and O–H groups in total. The van der Waals surface area contributed by atoms with E-state index in [4.69, 9.17) is 4.74 Å². The lowest BCUT2D eigenvalue weighted by Gasteiger charge is -2.41. The molecule has 5 heteroatoms. The van der Waals surface area contributed by atoms with E-state index in [1.165, 1.54) is 16.9 Å². The molecule has 0 aliphatic carbocycles. The van der Waals surface area contributed by atoms with Gasteiger partial charge in [0, 0.05) is 24.0 Å². The van der Waals surface area contributed by atoms with Gasteiger partial charge >= 0.3 is 0 Å². The fourth-order valence-corrected chi connectivity index (χ4v) is 4.40. The normalized spacial score (nSPS) is 19.7. The summed E-state index contributed by atoms with van der Waals surface area (Å²) in [6.45, 7) is 4.41. The van der Waals surface area contributed by atoms with Crippen LogP contribution in [-0.4, -0.2) is 41.1 Å². The maximum absolute atomic E-state index is 12.8. The number of aromatic nitrogens is 1. The maximum atomic E-state index is 12.8. The molecule has 4 nitrogen and oxygen atoms in total. The number of benzene rings is 1. The van der Waals surface area contributed by atoms with E-state index in [1.807, 2.05) is 40.6 Å². The smallest absolute Gasteiger partial charge is 0.282 e. The van der Waals surface area contributed by atoms with Crippen molar-refractivity contribution in [2.75, 3.05) is 19.7 Å². The number of rotatable bonds is 2. The molecule has 2 aliphatic rings. The first-order chi connectivity index (χ1) is 12.2. The number of piperidine rings is 1. The number of carbonyl (C=O) groups is 1. The highest BCUT2D eigenvalue weighted by Gasteiger charge is 2.37. The summed E-state index contributed by atoms with van der Waals surface area (Å²) in [7, 11) is 0. The maximum Gasteiger partial charge on any atom is 0.282 e. The van der Waals surface area contributed by atoms with Crippen LogP contribution in [0.15, 0.2) is 47.4 Å². The molecule has 3 heterocycles. The first-order valence-electron chi connectivity index (χ1n) is 8.78. The van der Waals surface area contributed by atoms with Gasteiger partial charge in [-0.2, -0.15) is 0 Å². The van der Waals surface area contributed by atoms with Crippen molar-refractivity contribution in [2.45, 2.75) is 31.8 Å². The summed E-state index contributed by atoms with van der Waals surface area (Å²) in [4.78, 5) is 19.3. The van der Waals surface area contributed by atoms with Crippen LogP contribution in [0.1, 0.15) is 36.0 Å². The van der Waals surface area contributed by atoms with Crippen LogP contribution in [0.25, 0.3) is 11.3 Å². The summed E-state index contributed by atoms with van der Waals surface area (Å²) in [6, 6.07) is 9.99. The number of carbonyl (C=O) groups excluding carboxylic acids is 1. The van der Waals surface area contributed by atoms with E-state index in [9.17, 15) is 4.79 Å².